The number of rotatable bonds is 2. The first-order valence-electron chi connectivity index (χ1n) is 6.08. The summed E-state index contributed by atoms with van der Waals surface area (Å²) in [6, 6.07) is 9.84. The van der Waals surface area contributed by atoms with E-state index >= 15 is 0 Å². The highest BCUT2D eigenvalue weighted by Crippen LogP contribution is 2.31. The molecule has 0 unspecified atom stereocenters. The van der Waals surface area contributed by atoms with Crippen molar-refractivity contribution in [1.82, 2.24) is 9.78 Å². The predicted molar refractivity (Wildman–Crippen MR) is 72.2 cm³/mol. The van der Waals surface area contributed by atoms with Crippen LogP contribution in [0.15, 0.2) is 24.3 Å². The minimum absolute atomic E-state index is 0.385. The fourth-order valence-electron chi connectivity index (χ4n) is 2.11. The lowest BCUT2D eigenvalue weighted by molar-refractivity contribution is 0.698. The molecule has 92 valence electrons. The van der Waals surface area contributed by atoms with Gasteiger partial charge in [0.2, 0.25) is 0 Å². The van der Waals surface area contributed by atoms with Crippen LogP contribution in [-0.4, -0.2) is 9.78 Å². The second-order valence-electron chi connectivity index (χ2n) is 4.81. The van der Waals surface area contributed by atoms with Crippen molar-refractivity contribution in [3.8, 4) is 17.2 Å². The van der Waals surface area contributed by atoms with Crippen molar-refractivity contribution < 1.29 is 0 Å². The van der Waals surface area contributed by atoms with Gasteiger partial charge in [-0.2, -0.15) is 10.4 Å². The minimum Gasteiger partial charge on any atom is -0.272 e. The van der Waals surface area contributed by atoms with Crippen LogP contribution in [0.1, 0.15) is 36.7 Å². The normalized spacial score (nSPS) is 10.7. The van der Waals surface area contributed by atoms with Gasteiger partial charge in [-0.05, 0) is 30.5 Å². The molecular weight excluding hydrogens is 222 g/mol. The topological polar surface area (TPSA) is 41.6 Å². The van der Waals surface area contributed by atoms with E-state index in [1.165, 1.54) is 5.56 Å². The second-order valence-corrected chi connectivity index (χ2v) is 4.81. The summed E-state index contributed by atoms with van der Waals surface area (Å²) < 4.78 is 1.92. The first kappa shape index (κ1) is 12.4. The maximum Gasteiger partial charge on any atom is 0.0991 e. The summed E-state index contributed by atoms with van der Waals surface area (Å²) >= 11 is 0. The van der Waals surface area contributed by atoms with Crippen molar-refractivity contribution >= 4 is 0 Å². The molecule has 1 aromatic carbocycles. The van der Waals surface area contributed by atoms with Crippen LogP contribution in [0.5, 0.6) is 0 Å². The molecule has 0 aliphatic carbocycles. The van der Waals surface area contributed by atoms with Crippen LogP contribution in [0.2, 0.25) is 0 Å². The van der Waals surface area contributed by atoms with E-state index in [1.54, 1.807) is 0 Å². The summed E-state index contributed by atoms with van der Waals surface area (Å²) in [5.41, 5.74) is 5.27. The fraction of sp³-hybridized carbons (Fsp3) is 0.333. The minimum atomic E-state index is 0.385. The summed E-state index contributed by atoms with van der Waals surface area (Å²) in [7, 11) is 1.97. The van der Waals surface area contributed by atoms with Gasteiger partial charge in [0.25, 0.3) is 0 Å². The number of benzene rings is 1. The Kier molecular flexibility index (Phi) is 3.20. The third-order valence-corrected chi connectivity index (χ3v) is 3.21. The fourth-order valence-corrected chi connectivity index (χ4v) is 2.11. The lowest BCUT2D eigenvalue weighted by atomic mass is 9.97. The van der Waals surface area contributed by atoms with E-state index in [0.717, 1.165) is 17.0 Å². The maximum absolute atomic E-state index is 8.83. The Bertz CT molecular complexity index is 598. The smallest absolute Gasteiger partial charge is 0.0991 e. The molecule has 2 aromatic rings. The van der Waals surface area contributed by atoms with Crippen molar-refractivity contribution in [3.05, 3.63) is 41.2 Å². The number of aryl methyl sites for hydroxylation is 1. The molecule has 0 saturated carbocycles. The summed E-state index contributed by atoms with van der Waals surface area (Å²) in [5.74, 6) is 0.385. The molecule has 3 heteroatoms. The summed E-state index contributed by atoms with van der Waals surface area (Å²) in [5, 5.41) is 13.4. The quantitative estimate of drug-likeness (QED) is 0.806. The molecule has 0 amide bonds. The van der Waals surface area contributed by atoms with Gasteiger partial charge in [-0.15, -0.1) is 0 Å². The summed E-state index contributed by atoms with van der Waals surface area (Å²) in [6.45, 7) is 6.37. The molecule has 0 spiro atoms. The third-order valence-electron chi connectivity index (χ3n) is 3.21. The molecule has 3 nitrogen and oxygen atoms in total. The van der Waals surface area contributed by atoms with Crippen LogP contribution in [0.25, 0.3) is 11.1 Å². The second kappa shape index (κ2) is 4.66. The Morgan fingerprint density at radius 1 is 1.22 bits per heavy atom. The van der Waals surface area contributed by atoms with Crippen molar-refractivity contribution in [1.29, 1.82) is 5.26 Å². The van der Waals surface area contributed by atoms with Gasteiger partial charge in [-0.1, -0.05) is 26.0 Å². The summed E-state index contributed by atoms with van der Waals surface area (Å²) in [6.07, 6.45) is 0. The Labute approximate surface area is 108 Å². The molecule has 1 aromatic heterocycles. The Hall–Kier alpha value is -2.08. The van der Waals surface area contributed by atoms with E-state index in [-0.39, 0.29) is 0 Å². The van der Waals surface area contributed by atoms with E-state index in [1.807, 2.05) is 36.0 Å². The Balaban J connectivity index is 2.59. The molecule has 2 rings (SSSR count). The number of nitrogens with zero attached hydrogens (tertiary/aromatic N) is 3. The van der Waals surface area contributed by atoms with Gasteiger partial charge in [0.05, 0.1) is 17.3 Å². The van der Waals surface area contributed by atoms with Crippen LogP contribution in [0.4, 0.5) is 0 Å². The van der Waals surface area contributed by atoms with E-state index in [0.29, 0.717) is 11.5 Å². The zero-order valence-electron chi connectivity index (χ0n) is 11.2. The Morgan fingerprint density at radius 2 is 1.83 bits per heavy atom. The first-order chi connectivity index (χ1) is 8.54. The van der Waals surface area contributed by atoms with Crippen LogP contribution >= 0.6 is 0 Å². The van der Waals surface area contributed by atoms with Crippen LogP contribution in [0, 0.1) is 18.3 Å². The van der Waals surface area contributed by atoms with Crippen molar-refractivity contribution in [3.63, 3.8) is 0 Å². The average Bonchev–Trinajstić information content (AvgIpc) is 2.66. The standard InChI is InChI=1S/C15H17N3/c1-10(2)15-14(11(3)18(4)17-15)13-7-5-12(9-16)6-8-13/h5-8,10H,1-4H3. The van der Waals surface area contributed by atoms with Gasteiger partial charge in [0, 0.05) is 18.3 Å². The number of aromatic nitrogens is 2. The first-order valence-corrected chi connectivity index (χ1v) is 6.08. The van der Waals surface area contributed by atoms with Crippen molar-refractivity contribution in [2.45, 2.75) is 26.7 Å². The van der Waals surface area contributed by atoms with E-state index in [2.05, 4.69) is 31.9 Å². The molecule has 0 radical (unpaired) electrons. The lowest BCUT2D eigenvalue weighted by Crippen LogP contribution is -1.94. The third kappa shape index (κ3) is 2.02. The average molecular weight is 239 g/mol. The van der Waals surface area contributed by atoms with Gasteiger partial charge in [0.15, 0.2) is 0 Å². The lowest BCUT2D eigenvalue weighted by Gasteiger charge is -2.06. The molecule has 18 heavy (non-hydrogen) atoms. The predicted octanol–water partition coefficient (Wildman–Crippen LogP) is 3.39. The van der Waals surface area contributed by atoms with Gasteiger partial charge >= 0.3 is 0 Å². The monoisotopic (exact) mass is 239 g/mol. The Morgan fingerprint density at radius 3 is 2.33 bits per heavy atom. The van der Waals surface area contributed by atoms with Crippen LogP contribution < -0.4 is 0 Å². The van der Waals surface area contributed by atoms with E-state index in [9.17, 15) is 0 Å². The van der Waals surface area contributed by atoms with Gasteiger partial charge in [-0.25, -0.2) is 0 Å². The number of nitriles is 1. The molecule has 0 saturated heterocycles. The van der Waals surface area contributed by atoms with E-state index in [4.69, 9.17) is 5.26 Å². The SMILES string of the molecule is Cc1c(-c2ccc(C#N)cc2)c(C(C)C)nn1C. The maximum atomic E-state index is 8.83. The molecule has 0 aliphatic heterocycles. The largest absolute Gasteiger partial charge is 0.272 e. The molecular formula is C15H17N3. The highest BCUT2D eigenvalue weighted by molar-refractivity contribution is 5.69. The molecule has 0 aliphatic rings. The van der Waals surface area contributed by atoms with Crippen LogP contribution in [0.3, 0.4) is 0 Å². The van der Waals surface area contributed by atoms with Crippen molar-refractivity contribution in [2.75, 3.05) is 0 Å². The summed E-state index contributed by atoms with van der Waals surface area (Å²) in [4.78, 5) is 0. The number of hydrogen-bond donors (Lipinski definition) is 0. The van der Waals surface area contributed by atoms with Gasteiger partial charge < -0.3 is 0 Å². The van der Waals surface area contributed by atoms with Gasteiger partial charge in [0.1, 0.15) is 0 Å². The molecule has 0 bridgehead atoms. The molecule has 0 fully saturated rings. The highest BCUT2D eigenvalue weighted by Gasteiger charge is 2.17. The van der Waals surface area contributed by atoms with Gasteiger partial charge in [-0.3, -0.25) is 4.68 Å². The van der Waals surface area contributed by atoms with Crippen LogP contribution in [-0.2, 0) is 7.05 Å². The van der Waals surface area contributed by atoms with Crippen molar-refractivity contribution in [2.24, 2.45) is 7.05 Å². The molecule has 1 heterocycles. The zero-order chi connectivity index (χ0) is 13.3. The zero-order valence-corrected chi connectivity index (χ0v) is 11.2. The van der Waals surface area contributed by atoms with E-state index < -0.39 is 0 Å². The molecule has 0 N–H and O–H groups in total. The highest BCUT2D eigenvalue weighted by atomic mass is 15.3. The number of hydrogen-bond acceptors (Lipinski definition) is 2. The molecule has 0 atom stereocenters.